The van der Waals surface area contributed by atoms with Gasteiger partial charge >= 0.3 is 0 Å². The standard InChI is InChI=1S/C22H29NOSSi.C21H27NOSSi.CH3I/c1-22(2,3)26(19-11-7-5-8-12-19,20-13-9-6-10-14-20)24-17-18-15-16-21(23-18)25-4;1-21(2,3)25(18-10-6-4-7-11-18,19-12-8-5-9-13-19)23-16-17-14-15-20(24)22-17;1-2/h5-14,18H,15-17H2,1-4H3;4-13,17H,14-16H2,1-3H3,(H,22,24);1H3/t18-;17-;/m11./s1. The fourth-order valence-corrected chi connectivity index (χ4v) is 17.7. The summed E-state index contributed by atoms with van der Waals surface area (Å²) in [5, 5.41) is 10.1. The minimum absolute atomic E-state index is 0.0226. The van der Waals surface area contributed by atoms with E-state index in [9.17, 15) is 0 Å². The predicted molar refractivity (Wildman–Crippen MR) is 250 cm³/mol. The van der Waals surface area contributed by atoms with Gasteiger partial charge in [-0.1, -0.05) is 198 Å². The molecule has 9 heteroatoms. The molecule has 1 fully saturated rings. The lowest BCUT2D eigenvalue weighted by molar-refractivity contribution is 0.264. The Bertz CT molecular complexity index is 1640. The van der Waals surface area contributed by atoms with Crippen molar-refractivity contribution in [2.75, 3.05) is 24.4 Å². The first-order chi connectivity index (χ1) is 25.4. The zero-order valence-electron chi connectivity index (χ0n) is 32.9. The van der Waals surface area contributed by atoms with Gasteiger partial charge in [0.2, 0.25) is 0 Å². The highest BCUT2D eigenvalue weighted by molar-refractivity contribution is 14.1. The van der Waals surface area contributed by atoms with Crippen LogP contribution >= 0.6 is 46.6 Å². The SMILES string of the molecule is CC(C)(C)[Si](OC[C@H]1CCC(=S)N1)(c1ccccc1)c1ccccc1.CI.CSC1=N[C@@H](CO[Si](c2ccccc2)(c2ccccc2)C(C)(C)C)CC1. The van der Waals surface area contributed by atoms with E-state index < -0.39 is 16.6 Å². The van der Waals surface area contributed by atoms with Crippen LogP contribution in [0.4, 0.5) is 0 Å². The van der Waals surface area contributed by atoms with E-state index in [1.807, 2.05) is 4.93 Å². The van der Waals surface area contributed by atoms with Crippen LogP contribution in [-0.4, -0.2) is 63.2 Å². The van der Waals surface area contributed by atoms with Crippen LogP contribution in [0.2, 0.25) is 10.1 Å². The van der Waals surface area contributed by atoms with E-state index in [1.54, 1.807) is 11.8 Å². The topological polar surface area (TPSA) is 42.8 Å². The van der Waals surface area contributed by atoms with Gasteiger partial charge in [-0.3, -0.25) is 4.99 Å². The Balaban J connectivity index is 0.000000226. The predicted octanol–water partition coefficient (Wildman–Crippen LogP) is 9.18. The van der Waals surface area contributed by atoms with E-state index in [4.69, 9.17) is 26.1 Å². The Kier molecular flexibility index (Phi) is 16.6. The van der Waals surface area contributed by atoms with Crippen molar-refractivity contribution in [1.82, 2.24) is 5.32 Å². The summed E-state index contributed by atoms with van der Waals surface area (Å²) in [6.07, 6.45) is 6.36. The average molecular weight is 895 g/mol. The zero-order chi connectivity index (χ0) is 38.5. The number of thioether (sulfide) groups is 1. The summed E-state index contributed by atoms with van der Waals surface area (Å²) in [5.41, 5.74) is 0. The molecule has 0 unspecified atom stereocenters. The average Bonchev–Trinajstić information content (AvgIpc) is 3.82. The van der Waals surface area contributed by atoms with Crippen molar-refractivity contribution in [3.63, 3.8) is 0 Å². The number of hydrogen-bond acceptors (Lipinski definition) is 5. The van der Waals surface area contributed by atoms with Crippen LogP contribution in [0, 0.1) is 0 Å². The summed E-state index contributed by atoms with van der Waals surface area (Å²) >= 11 is 9.23. The highest BCUT2D eigenvalue weighted by Crippen LogP contribution is 2.38. The summed E-state index contributed by atoms with van der Waals surface area (Å²) in [6, 6.07) is 43.9. The van der Waals surface area contributed by atoms with Gasteiger partial charge in [0.1, 0.15) is 0 Å². The molecule has 0 aromatic heterocycles. The van der Waals surface area contributed by atoms with Crippen LogP contribution in [0.1, 0.15) is 67.2 Å². The molecule has 4 aromatic rings. The van der Waals surface area contributed by atoms with E-state index >= 15 is 0 Å². The molecule has 2 atom stereocenters. The molecule has 2 aliphatic heterocycles. The lowest BCUT2D eigenvalue weighted by Gasteiger charge is -2.43. The van der Waals surface area contributed by atoms with Crippen molar-refractivity contribution in [3.05, 3.63) is 121 Å². The molecule has 1 saturated heterocycles. The number of nitrogens with zero attached hydrogens (tertiary/aromatic N) is 1. The number of rotatable bonds is 10. The molecule has 0 amide bonds. The lowest BCUT2D eigenvalue weighted by atomic mass is 10.2. The van der Waals surface area contributed by atoms with Gasteiger partial charge in [-0.15, -0.1) is 11.8 Å². The van der Waals surface area contributed by atoms with Crippen LogP contribution in [0.25, 0.3) is 0 Å². The largest absolute Gasteiger partial charge is 0.405 e. The summed E-state index contributed by atoms with van der Waals surface area (Å²) in [4.78, 5) is 7.79. The molecule has 4 nitrogen and oxygen atoms in total. The second-order valence-electron chi connectivity index (χ2n) is 15.7. The third kappa shape index (κ3) is 10.6. The first kappa shape index (κ1) is 43.6. The third-order valence-corrected chi connectivity index (χ3v) is 21.3. The quantitative estimate of drug-likeness (QED) is 0.0745. The van der Waals surface area contributed by atoms with Gasteiger partial charge in [-0.05, 0) is 67.7 Å². The minimum Gasteiger partial charge on any atom is -0.405 e. The maximum absolute atomic E-state index is 6.97. The highest BCUT2D eigenvalue weighted by Gasteiger charge is 2.51. The van der Waals surface area contributed by atoms with Gasteiger partial charge in [0.25, 0.3) is 16.6 Å². The van der Waals surface area contributed by atoms with Crippen LogP contribution in [0.5, 0.6) is 0 Å². The number of nitrogens with one attached hydrogen (secondary N) is 1. The van der Waals surface area contributed by atoms with Gasteiger partial charge in [0, 0.05) is 6.04 Å². The zero-order valence-corrected chi connectivity index (χ0v) is 38.7. The molecule has 6 rings (SSSR count). The van der Waals surface area contributed by atoms with E-state index in [0.29, 0.717) is 25.3 Å². The van der Waals surface area contributed by atoms with Crippen molar-refractivity contribution >= 4 is 94.0 Å². The fraction of sp³-hybridized carbons (Fsp3) is 0.409. The number of halogens is 1. The van der Waals surface area contributed by atoms with Crippen LogP contribution in [0.15, 0.2) is 126 Å². The Labute approximate surface area is 345 Å². The fourth-order valence-electron chi connectivity index (χ4n) is 7.67. The van der Waals surface area contributed by atoms with Crippen molar-refractivity contribution in [2.24, 2.45) is 4.99 Å². The Hall–Kier alpha value is -2.13. The molecule has 284 valence electrons. The second-order valence-corrected chi connectivity index (χ2v) is 25.7. The Morgan fingerprint density at radius 3 is 1.32 bits per heavy atom. The molecule has 0 aliphatic carbocycles. The van der Waals surface area contributed by atoms with Gasteiger partial charge in [0.15, 0.2) is 0 Å². The van der Waals surface area contributed by atoms with Crippen LogP contribution in [-0.2, 0) is 8.85 Å². The lowest BCUT2D eigenvalue weighted by Crippen LogP contribution is -2.67. The molecular weight excluding hydrogens is 836 g/mol. The van der Waals surface area contributed by atoms with Gasteiger partial charge in [0.05, 0.1) is 29.3 Å². The van der Waals surface area contributed by atoms with Gasteiger partial charge < -0.3 is 14.2 Å². The number of thiocarbonyl (C=S) groups is 1. The molecule has 0 radical (unpaired) electrons. The smallest absolute Gasteiger partial charge is 0.261 e. The Morgan fingerprint density at radius 1 is 0.642 bits per heavy atom. The molecule has 4 aromatic carbocycles. The Morgan fingerprint density at radius 2 is 1.02 bits per heavy atom. The first-order valence-electron chi connectivity index (χ1n) is 18.7. The van der Waals surface area contributed by atoms with Gasteiger partial charge in [-0.2, -0.15) is 0 Å². The summed E-state index contributed by atoms with van der Waals surface area (Å²) < 4.78 is 13.9. The van der Waals surface area contributed by atoms with E-state index in [2.05, 4.69) is 197 Å². The molecule has 0 saturated carbocycles. The van der Waals surface area contributed by atoms with Crippen molar-refractivity contribution in [1.29, 1.82) is 0 Å². The highest BCUT2D eigenvalue weighted by atomic mass is 127. The van der Waals surface area contributed by atoms with Crippen LogP contribution < -0.4 is 26.1 Å². The maximum atomic E-state index is 6.97. The van der Waals surface area contributed by atoms with Gasteiger partial charge in [-0.25, -0.2) is 0 Å². The number of hydrogen-bond donors (Lipinski definition) is 1. The number of alkyl halides is 1. The maximum Gasteiger partial charge on any atom is 0.261 e. The normalized spacial score (nSPS) is 17.5. The molecule has 0 bridgehead atoms. The third-order valence-electron chi connectivity index (χ3n) is 10.2. The molecule has 2 heterocycles. The first-order valence-corrected chi connectivity index (χ1v) is 26.3. The van der Waals surface area contributed by atoms with E-state index in [-0.39, 0.29) is 10.1 Å². The molecule has 53 heavy (non-hydrogen) atoms. The van der Waals surface area contributed by atoms with E-state index in [0.717, 1.165) is 30.7 Å². The second kappa shape index (κ2) is 20.2. The summed E-state index contributed by atoms with van der Waals surface area (Å²) in [6.45, 7) is 15.3. The monoisotopic (exact) mass is 894 g/mol. The molecule has 1 N–H and O–H groups in total. The van der Waals surface area contributed by atoms with Crippen LogP contribution in [0.3, 0.4) is 0 Å². The molecule has 0 spiro atoms. The number of aliphatic imine (C=N–C) groups is 1. The van der Waals surface area contributed by atoms with Crippen molar-refractivity contribution in [3.8, 4) is 0 Å². The molecular formula is C44H59IN2O2S2Si2. The minimum atomic E-state index is -2.43. The van der Waals surface area contributed by atoms with Crippen molar-refractivity contribution < 1.29 is 8.85 Å². The van der Waals surface area contributed by atoms with E-state index in [1.165, 1.54) is 25.8 Å². The summed E-state index contributed by atoms with van der Waals surface area (Å²) in [7, 11) is -4.85. The summed E-state index contributed by atoms with van der Waals surface area (Å²) in [5.74, 6) is 0. The number of benzene rings is 4. The molecule has 2 aliphatic rings. The van der Waals surface area contributed by atoms with Crippen molar-refractivity contribution in [2.45, 2.75) is 89.4 Å².